The topological polar surface area (TPSA) is 29.1 Å². The molecule has 0 atom stereocenters. The van der Waals surface area contributed by atoms with Crippen LogP contribution in [0, 0.1) is 6.92 Å². The van der Waals surface area contributed by atoms with E-state index >= 15 is 0 Å². The molecule has 0 aliphatic heterocycles. The third kappa shape index (κ3) is 2.72. The fraction of sp³-hybridized carbons (Fsp3) is 0.133. The van der Waals surface area contributed by atoms with Gasteiger partial charge in [0.2, 0.25) is 0 Å². The molecule has 17 heavy (non-hydrogen) atoms. The maximum Gasteiger partial charge on any atom is 0.161 e. The van der Waals surface area contributed by atoms with E-state index in [-0.39, 0.29) is 5.78 Å². The van der Waals surface area contributed by atoms with Gasteiger partial charge in [0.15, 0.2) is 5.78 Å². The minimum atomic E-state index is 0.0696. The van der Waals surface area contributed by atoms with Crippen LogP contribution in [0.3, 0.4) is 0 Å². The molecular weight excluding hydrogens is 210 g/mol. The number of anilines is 2. The average Bonchev–Trinajstić information content (AvgIpc) is 2.32. The maximum atomic E-state index is 11.5. The van der Waals surface area contributed by atoms with E-state index in [0.29, 0.717) is 5.56 Å². The third-order valence-corrected chi connectivity index (χ3v) is 2.64. The van der Waals surface area contributed by atoms with Gasteiger partial charge in [0.1, 0.15) is 0 Å². The second kappa shape index (κ2) is 4.83. The average molecular weight is 225 g/mol. The Hall–Kier alpha value is -2.09. The standard InChI is InChI=1S/C15H15NO/c1-11-7-9-13(10-8-11)16-15-6-4-3-5-14(15)12(2)17/h3-10,16H,1-2H3. The van der Waals surface area contributed by atoms with Crippen LogP contribution in [0.4, 0.5) is 11.4 Å². The number of ketones is 1. The molecule has 0 radical (unpaired) electrons. The lowest BCUT2D eigenvalue weighted by molar-refractivity contribution is 0.101. The summed E-state index contributed by atoms with van der Waals surface area (Å²) in [6.45, 7) is 3.63. The van der Waals surface area contributed by atoms with Crippen molar-refractivity contribution in [2.75, 3.05) is 5.32 Å². The predicted molar refractivity (Wildman–Crippen MR) is 70.9 cm³/mol. The Kier molecular flexibility index (Phi) is 3.24. The summed E-state index contributed by atoms with van der Waals surface area (Å²) in [6, 6.07) is 15.6. The summed E-state index contributed by atoms with van der Waals surface area (Å²) in [5, 5.41) is 3.26. The molecule has 1 N–H and O–H groups in total. The van der Waals surface area contributed by atoms with Gasteiger partial charge >= 0.3 is 0 Å². The normalized spacial score (nSPS) is 10.0. The van der Waals surface area contributed by atoms with Crippen LogP contribution in [0.2, 0.25) is 0 Å². The summed E-state index contributed by atoms with van der Waals surface area (Å²) in [6.07, 6.45) is 0. The Balaban J connectivity index is 2.30. The number of rotatable bonds is 3. The van der Waals surface area contributed by atoms with Crippen LogP contribution in [-0.2, 0) is 0 Å². The Morgan fingerprint density at radius 1 is 1.00 bits per heavy atom. The summed E-state index contributed by atoms with van der Waals surface area (Å²) in [7, 11) is 0. The van der Waals surface area contributed by atoms with Crippen molar-refractivity contribution >= 4 is 17.2 Å². The van der Waals surface area contributed by atoms with Crippen molar-refractivity contribution in [3.63, 3.8) is 0 Å². The molecule has 0 fully saturated rings. The lowest BCUT2D eigenvalue weighted by Crippen LogP contribution is -1.99. The highest BCUT2D eigenvalue weighted by molar-refractivity contribution is 6.00. The molecule has 86 valence electrons. The van der Waals surface area contributed by atoms with Gasteiger partial charge < -0.3 is 5.32 Å². The first-order chi connectivity index (χ1) is 8.16. The number of hydrogen-bond acceptors (Lipinski definition) is 2. The molecule has 0 heterocycles. The molecule has 2 nitrogen and oxygen atoms in total. The minimum Gasteiger partial charge on any atom is -0.355 e. The zero-order valence-corrected chi connectivity index (χ0v) is 10.0. The van der Waals surface area contributed by atoms with Gasteiger partial charge in [0.25, 0.3) is 0 Å². The first-order valence-corrected chi connectivity index (χ1v) is 5.60. The van der Waals surface area contributed by atoms with E-state index in [9.17, 15) is 4.79 Å². The number of benzene rings is 2. The van der Waals surface area contributed by atoms with Crippen LogP contribution in [0.1, 0.15) is 22.8 Å². The van der Waals surface area contributed by atoms with Gasteiger partial charge in [-0.1, -0.05) is 29.8 Å². The van der Waals surface area contributed by atoms with Crippen molar-refractivity contribution < 1.29 is 4.79 Å². The van der Waals surface area contributed by atoms with Crippen molar-refractivity contribution in [1.29, 1.82) is 0 Å². The molecule has 2 rings (SSSR count). The van der Waals surface area contributed by atoms with E-state index in [2.05, 4.69) is 5.32 Å². The number of hydrogen-bond donors (Lipinski definition) is 1. The molecule has 0 amide bonds. The molecule has 0 spiro atoms. The van der Waals surface area contributed by atoms with E-state index in [1.165, 1.54) is 5.56 Å². The predicted octanol–water partition coefficient (Wildman–Crippen LogP) is 3.94. The van der Waals surface area contributed by atoms with Gasteiger partial charge in [-0.2, -0.15) is 0 Å². The molecule has 0 aliphatic carbocycles. The van der Waals surface area contributed by atoms with E-state index in [0.717, 1.165) is 11.4 Å². The van der Waals surface area contributed by atoms with E-state index < -0.39 is 0 Å². The lowest BCUT2D eigenvalue weighted by atomic mass is 10.1. The molecule has 0 saturated heterocycles. The van der Waals surface area contributed by atoms with E-state index in [1.54, 1.807) is 6.92 Å². The van der Waals surface area contributed by atoms with Gasteiger partial charge in [-0.15, -0.1) is 0 Å². The zero-order valence-electron chi connectivity index (χ0n) is 10.0. The fourth-order valence-electron chi connectivity index (χ4n) is 1.69. The summed E-state index contributed by atoms with van der Waals surface area (Å²) >= 11 is 0. The van der Waals surface area contributed by atoms with Crippen molar-refractivity contribution in [1.82, 2.24) is 0 Å². The molecule has 2 aromatic carbocycles. The highest BCUT2D eigenvalue weighted by Crippen LogP contribution is 2.21. The molecule has 2 heteroatoms. The first kappa shape index (κ1) is 11.4. The molecule has 0 bridgehead atoms. The highest BCUT2D eigenvalue weighted by Gasteiger charge is 2.05. The van der Waals surface area contributed by atoms with Crippen LogP contribution in [0.25, 0.3) is 0 Å². The molecule has 0 aromatic heterocycles. The van der Waals surface area contributed by atoms with Gasteiger partial charge in [-0.3, -0.25) is 4.79 Å². The second-order valence-electron chi connectivity index (χ2n) is 4.09. The number of Topliss-reactive ketones (excluding diaryl/α,β-unsaturated/α-hetero) is 1. The highest BCUT2D eigenvalue weighted by atomic mass is 16.1. The monoisotopic (exact) mass is 225 g/mol. The van der Waals surface area contributed by atoms with Crippen LogP contribution >= 0.6 is 0 Å². The van der Waals surface area contributed by atoms with Crippen molar-refractivity contribution in [3.05, 3.63) is 59.7 Å². The Bertz CT molecular complexity index is 529. The number of para-hydroxylation sites is 1. The second-order valence-corrected chi connectivity index (χ2v) is 4.09. The third-order valence-electron chi connectivity index (χ3n) is 2.64. The van der Waals surface area contributed by atoms with Crippen LogP contribution < -0.4 is 5.32 Å². The van der Waals surface area contributed by atoms with E-state index in [1.807, 2.05) is 55.5 Å². The van der Waals surface area contributed by atoms with Crippen molar-refractivity contribution in [2.24, 2.45) is 0 Å². The zero-order chi connectivity index (χ0) is 12.3. The lowest BCUT2D eigenvalue weighted by Gasteiger charge is -2.10. The smallest absolute Gasteiger partial charge is 0.161 e. The first-order valence-electron chi connectivity index (χ1n) is 5.60. The van der Waals surface area contributed by atoms with Crippen molar-refractivity contribution in [3.8, 4) is 0 Å². The number of nitrogens with one attached hydrogen (secondary N) is 1. The molecule has 2 aromatic rings. The molecule has 0 unspecified atom stereocenters. The van der Waals surface area contributed by atoms with Crippen LogP contribution in [-0.4, -0.2) is 5.78 Å². The molecular formula is C15H15NO. The maximum absolute atomic E-state index is 11.5. The summed E-state index contributed by atoms with van der Waals surface area (Å²) < 4.78 is 0. The van der Waals surface area contributed by atoms with Gasteiger partial charge in [-0.05, 0) is 38.1 Å². The number of carbonyl (C=O) groups excluding carboxylic acids is 1. The summed E-state index contributed by atoms with van der Waals surface area (Å²) in [4.78, 5) is 11.5. The van der Waals surface area contributed by atoms with E-state index in [4.69, 9.17) is 0 Å². The van der Waals surface area contributed by atoms with Crippen molar-refractivity contribution in [2.45, 2.75) is 13.8 Å². The largest absolute Gasteiger partial charge is 0.355 e. The van der Waals surface area contributed by atoms with Gasteiger partial charge in [0, 0.05) is 16.9 Å². The quantitative estimate of drug-likeness (QED) is 0.801. The summed E-state index contributed by atoms with van der Waals surface area (Å²) in [5.74, 6) is 0.0696. The number of aryl methyl sites for hydroxylation is 1. The van der Waals surface area contributed by atoms with Crippen LogP contribution in [0.5, 0.6) is 0 Å². The van der Waals surface area contributed by atoms with Gasteiger partial charge in [-0.25, -0.2) is 0 Å². The Morgan fingerprint density at radius 3 is 2.29 bits per heavy atom. The SMILES string of the molecule is CC(=O)c1ccccc1Nc1ccc(C)cc1. The van der Waals surface area contributed by atoms with Gasteiger partial charge in [0.05, 0.1) is 0 Å². The number of carbonyl (C=O) groups is 1. The minimum absolute atomic E-state index is 0.0696. The Labute approximate surface area is 101 Å². The Morgan fingerprint density at radius 2 is 1.65 bits per heavy atom. The molecule has 0 saturated carbocycles. The van der Waals surface area contributed by atoms with Crippen LogP contribution in [0.15, 0.2) is 48.5 Å². The fourth-order valence-corrected chi connectivity index (χ4v) is 1.69. The summed E-state index contributed by atoms with van der Waals surface area (Å²) in [5.41, 5.74) is 3.77. The molecule has 0 aliphatic rings.